The van der Waals surface area contributed by atoms with Crippen LogP contribution in [0, 0.1) is 11.8 Å². The predicted molar refractivity (Wildman–Crippen MR) is 182 cm³/mol. The summed E-state index contributed by atoms with van der Waals surface area (Å²) in [5, 5.41) is 12.1. The number of carbonyl (C=O) groups excluding carboxylic acids is 4. The van der Waals surface area contributed by atoms with Gasteiger partial charge in [0.25, 0.3) is 0 Å². The Bertz CT molecular complexity index is 1260. The molecule has 3 fully saturated rings. The zero-order chi connectivity index (χ0) is 34.0. The van der Waals surface area contributed by atoms with Gasteiger partial charge in [0.1, 0.15) is 17.7 Å². The third-order valence-corrected chi connectivity index (χ3v) is 10.4. The first kappa shape index (κ1) is 36.8. The Hall–Kier alpha value is -3.02. The van der Waals surface area contributed by atoms with Gasteiger partial charge in [-0.2, -0.15) is 0 Å². The second-order valence-corrected chi connectivity index (χ2v) is 13.9. The van der Waals surface area contributed by atoms with Crippen molar-refractivity contribution < 1.29 is 33.8 Å². The van der Waals surface area contributed by atoms with Crippen molar-refractivity contribution in [3.8, 4) is 0 Å². The number of halogens is 1. The molecule has 1 aromatic carbocycles. The molecule has 47 heavy (non-hydrogen) atoms. The third-order valence-electron chi connectivity index (χ3n) is 9.54. The summed E-state index contributed by atoms with van der Waals surface area (Å²) in [5.41, 5.74) is -0.473. The Balaban J connectivity index is 1.63. The normalized spacial score (nSPS) is 26.5. The average Bonchev–Trinajstić information content (AvgIpc) is 3.66. The number of rotatable bonds is 20. The van der Waals surface area contributed by atoms with E-state index in [1.54, 1.807) is 22.0 Å². The first-order chi connectivity index (χ1) is 22.7. The number of hydrogen-bond donors (Lipinski definition) is 2. The van der Waals surface area contributed by atoms with Gasteiger partial charge in [-0.1, -0.05) is 84.6 Å². The number of likely N-dealkylation sites (tertiary alicyclic amines) is 1. The molecule has 4 rings (SSSR count). The molecular weight excluding hydrogens is 666 g/mol. The van der Waals surface area contributed by atoms with Crippen LogP contribution in [0.25, 0.3) is 0 Å². The molecular formula is C36H50BrN3O7. The van der Waals surface area contributed by atoms with Crippen molar-refractivity contribution in [2.75, 3.05) is 32.8 Å². The lowest BCUT2D eigenvalue weighted by atomic mass is 9.70. The van der Waals surface area contributed by atoms with Crippen molar-refractivity contribution in [1.29, 1.82) is 0 Å². The molecule has 2 bridgehead atoms. The van der Waals surface area contributed by atoms with Gasteiger partial charge >= 0.3 is 5.97 Å². The maximum atomic E-state index is 14.4. The van der Waals surface area contributed by atoms with E-state index >= 15 is 0 Å². The van der Waals surface area contributed by atoms with Crippen LogP contribution in [0.4, 0.5) is 0 Å². The molecule has 11 heteroatoms. The quantitative estimate of drug-likeness (QED) is 0.0884. The Morgan fingerprint density at radius 3 is 2.60 bits per heavy atom. The maximum absolute atomic E-state index is 14.4. The molecule has 0 radical (unpaired) electrons. The zero-order valence-electron chi connectivity index (χ0n) is 27.5. The van der Waals surface area contributed by atoms with Crippen molar-refractivity contribution >= 4 is 39.6 Å². The third kappa shape index (κ3) is 8.17. The van der Waals surface area contributed by atoms with Gasteiger partial charge in [-0.15, -0.1) is 13.2 Å². The molecule has 10 nitrogen and oxygen atoms in total. The van der Waals surface area contributed by atoms with Gasteiger partial charge in [-0.3, -0.25) is 19.2 Å². The molecule has 2 N–H and O–H groups in total. The Morgan fingerprint density at radius 2 is 1.91 bits per heavy atom. The summed E-state index contributed by atoms with van der Waals surface area (Å²) in [7, 11) is 0. The first-order valence-electron chi connectivity index (χ1n) is 17.0. The summed E-state index contributed by atoms with van der Waals surface area (Å²) in [6, 6.07) is 8.31. The Kier molecular flexibility index (Phi) is 13.6. The number of nitrogens with zero attached hydrogens (tertiary/aromatic N) is 2. The number of fused-ring (bicyclic) bond motifs is 1. The fourth-order valence-electron chi connectivity index (χ4n) is 7.28. The largest absolute Gasteiger partial charge is 0.455 e. The molecule has 1 unspecified atom stereocenters. The highest BCUT2D eigenvalue weighted by Crippen LogP contribution is 2.60. The number of benzene rings is 1. The number of esters is 1. The van der Waals surface area contributed by atoms with Crippen LogP contribution in [0.15, 0.2) is 55.6 Å². The summed E-state index contributed by atoms with van der Waals surface area (Å²) in [5.74, 6) is -3.03. The number of aliphatic hydroxyl groups is 1. The maximum Gasteiger partial charge on any atom is 0.313 e. The highest BCUT2D eigenvalue weighted by Gasteiger charge is 2.77. The fraction of sp³-hybridized carbons (Fsp3) is 0.611. The standard InChI is InChI=1S/C36H50BrN3O7/c1-4-7-18-28(42)38-24-27(25-16-12-11-13-17-25)46-35(45)29-30-33(43)40(21-14-9-10-15-22-41)32(36(30)23-26(37)31(29)47-36)34(44)39(19-6-3)20-8-5-2/h4,6,11-13,16-17,26-27,29-32,41H,1,3,5,7-10,14-15,18-24H2,2H3,(H,38,42)/t26?,27-,29+,30-,31+,32+,36-/m1/s1. The number of hydrogen-bond acceptors (Lipinski definition) is 7. The molecule has 3 saturated heterocycles. The van der Waals surface area contributed by atoms with E-state index in [-0.39, 0.29) is 42.1 Å². The van der Waals surface area contributed by atoms with Crippen molar-refractivity contribution in [3.05, 3.63) is 61.2 Å². The summed E-state index contributed by atoms with van der Waals surface area (Å²) >= 11 is 3.74. The van der Waals surface area contributed by atoms with Crippen molar-refractivity contribution in [3.63, 3.8) is 0 Å². The number of aliphatic hydroxyl groups excluding tert-OH is 1. The van der Waals surface area contributed by atoms with Crippen LogP contribution in [0.1, 0.15) is 76.4 Å². The van der Waals surface area contributed by atoms with Crippen LogP contribution < -0.4 is 5.32 Å². The molecule has 0 saturated carbocycles. The van der Waals surface area contributed by atoms with E-state index in [4.69, 9.17) is 9.47 Å². The summed E-state index contributed by atoms with van der Waals surface area (Å²) in [4.78, 5) is 58.6. The lowest BCUT2D eigenvalue weighted by molar-refractivity contribution is -0.160. The van der Waals surface area contributed by atoms with Gasteiger partial charge in [0.2, 0.25) is 17.7 Å². The minimum absolute atomic E-state index is 0.0699. The Labute approximate surface area is 287 Å². The highest BCUT2D eigenvalue weighted by atomic mass is 79.9. The van der Waals surface area contributed by atoms with Crippen molar-refractivity contribution in [2.24, 2.45) is 11.8 Å². The van der Waals surface area contributed by atoms with E-state index in [0.29, 0.717) is 50.9 Å². The van der Waals surface area contributed by atoms with Crippen LogP contribution in [-0.2, 0) is 28.7 Å². The Morgan fingerprint density at radius 1 is 1.17 bits per heavy atom. The van der Waals surface area contributed by atoms with Crippen molar-refractivity contribution in [2.45, 2.75) is 93.4 Å². The highest BCUT2D eigenvalue weighted by molar-refractivity contribution is 9.09. The van der Waals surface area contributed by atoms with Gasteiger partial charge in [0, 0.05) is 37.5 Å². The van der Waals surface area contributed by atoms with Crippen LogP contribution in [0.2, 0.25) is 0 Å². The molecule has 0 aromatic heterocycles. The molecule has 7 atom stereocenters. The molecule has 258 valence electrons. The van der Waals surface area contributed by atoms with Gasteiger partial charge in [-0.05, 0) is 37.7 Å². The molecule has 3 amide bonds. The molecule has 3 heterocycles. The second-order valence-electron chi connectivity index (χ2n) is 12.7. The molecule has 3 aliphatic rings. The lowest BCUT2D eigenvalue weighted by Crippen LogP contribution is -2.57. The minimum Gasteiger partial charge on any atom is -0.455 e. The minimum atomic E-state index is -1.19. The predicted octanol–water partition coefficient (Wildman–Crippen LogP) is 4.47. The lowest BCUT2D eigenvalue weighted by Gasteiger charge is -2.37. The fourth-order valence-corrected chi connectivity index (χ4v) is 8.22. The SMILES string of the molecule is C=CCCC(=O)NC[C@@H](OC(=O)[C@@H]1[C@H]2O[C@@]3(CC2Br)[C@H](C(=O)N(CC=C)CCCC)N(CCCCCCO)C(=O)[C@@H]13)c1ccccc1. The monoisotopic (exact) mass is 715 g/mol. The topological polar surface area (TPSA) is 125 Å². The number of amides is 3. The molecule has 1 aromatic rings. The van der Waals surface area contributed by atoms with Gasteiger partial charge < -0.3 is 29.7 Å². The number of ether oxygens (including phenoxy) is 2. The van der Waals surface area contributed by atoms with E-state index in [9.17, 15) is 24.3 Å². The smallest absolute Gasteiger partial charge is 0.313 e. The van der Waals surface area contributed by atoms with Crippen LogP contribution in [-0.4, -0.2) is 94.0 Å². The number of allylic oxidation sites excluding steroid dienone is 1. The molecule has 3 aliphatic heterocycles. The number of alkyl halides is 1. The zero-order valence-corrected chi connectivity index (χ0v) is 29.1. The van der Waals surface area contributed by atoms with E-state index in [1.807, 2.05) is 30.3 Å². The number of unbranched alkanes of at least 4 members (excludes halogenated alkanes) is 4. The van der Waals surface area contributed by atoms with Crippen LogP contribution >= 0.6 is 15.9 Å². The second kappa shape index (κ2) is 17.4. The molecule has 0 aliphatic carbocycles. The van der Waals surface area contributed by atoms with Crippen LogP contribution in [0.3, 0.4) is 0 Å². The van der Waals surface area contributed by atoms with Crippen LogP contribution in [0.5, 0.6) is 0 Å². The van der Waals surface area contributed by atoms with E-state index in [2.05, 4.69) is 41.3 Å². The number of carbonyl (C=O) groups is 4. The summed E-state index contributed by atoms with van der Waals surface area (Å²) in [6.45, 7) is 11.0. The summed E-state index contributed by atoms with van der Waals surface area (Å²) < 4.78 is 12.8. The van der Waals surface area contributed by atoms with Gasteiger partial charge in [0.15, 0.2) is 0 Å². The van der Waals surface area contributed by atoms with Crippen molar-refractivity contribution in [1.82, 2.24) is 15.1 Å². The van der Waals surface area contributed by atoms with Gasteiger partial charge in [-0.25, -0.2) is 0 Å². The summed E-state index contributed by atoms with van der Waals surface area (Å²) in [6.07, 6.45) is 7.79. The number of nitrogens with one attached hydrogen (secondary N) is 1. The van der Waals surface area contributed by atoms with E-state index in [0.717, 1.165) is 25.7 Å². The van der Waals surface area contributed by atoms with E-state index < -0.39 is 41.7 Å². The molecule has 1 spiro atoms. The first-order valence-corrected chi connectivity index (χ1v) is 17.9. The van der Waals surface area contributed by atoms with E-state index in [1.165, 1.54) is 0 Å². The average molecular weight is 717 g/mol. The van der Waals surface area contributed by atoms with Gasteiger partial charge in [0.05, 0.1) is 24.5 Å².